The molecule has 0 saturated carbocycles. The SMILES string of the molecule is COCOC1=C(C(=O)OC)CN(C(=O)OC(C)(C)C)CC1. The second-order valence-electron chi connectivity index (χ2n) is 5.60. The van der Waals surface area contributed by atoms with Gasteiger partial charge in [-0.2, -0.15) is 0 Å². The lowest BCUT2D eigenvalue weighted by Crippen LogP contribution is -2.42. The van der Waals surface area contributed by atoms with Gasteiger partial charge in [0.15, 0.2) is 6.79 Å². The van der Waals surface area contributed by atoms with E-state index in [2.05, 4.69) is 0 Å². The number of carbonyl (C=O) groups is 2. The summed E-state index contributed by atoms with van der Waals surface area (Å²) in [6, 6.07) is 0. The summed E-state index contributed by atoms with van der Waals surface area (Å²) in [5.41, 5.74) is -0.273. The number of esters is 1. The Labute approximate surface area is 124 Å². The summed E-state index contributed by atoms with van der Waals surface area (Å²) in [5.74, 6) is -0.0297. The Morgan fingerprint density at radius 3 is 2.43 bits per heavy atom. The highest BCUT2D eigenvalue weighted by atomic mass is 16.7. The average molecular weight is 301 g/mol. The molecule has 0 saturated heterocycles. The lowest BCUT2D eigenvalue weighted by molar-refractivity contribution is -0.137. The monoisotopic (exact) mass is 301 g/mol. The van der Waals surface area contributed by atoms with Crippen molar-refractivity contribution in [2.75, 3.05) is 34.1 Å². The fraction of sp³-hybridized carbons (Fsp3) is 0.714. The minimum absolute atomic E-state index is 0.0439. The zero-order valence-corrected chi connectivity index (χ0v) is 13.2. The Balaban J connectivity index is 2.83. The van der Waals surface area contributed by atoms with Crippen LogP contribution in [0, 0.1) is 0 Å². The molecule has 21 heavy (non-hydrogen) atoms. The standard InChI is InChI=1S/C14H23NO6/c1-14(2,3)21-13(17)15-7-6-11(20-9-18-4)10(8-15)12(16)19-5/h6-9H2,1-5H3. The van der Waals surface area contributed by atoms with E-state index in [1.165, 1.54) is 19.1 Å². The molecule has 0 aliphatic carbocycles. The van der Waals surface area contributed by atoms with Crippen molar-refractivity contribution in [3.8, 4) is 0 Å². The summed E-state index contributed by atoms with van der Waals surface area (Å²) in [7, 11) is 2.78. The van der Waals surface area contributed by atoms with Gasteiger partial charge in [0.1, 0.15) is 11.4 Å². The molecule has 7 heteroatoms. The molecule has 0 aromatic rings. The third-order valence-electron chi connectivity index (χ3n) is 2.73. The Bertz CT molecular complexity index is 424. The van der Waals surface area contributed by atoms with Crippen molar-refractivity contribution in [2.24, 2.45) is 0 Å². The molecule has 0 atom stereocenters. The van der Waals surface area contributed by atoms with Crippen LogP contribution in [0.1, 0.15) is 27.2 Å². The van der Waals surface area contributed by atoms with E-state index in [4.69, 9.17) is 18.9 Å². The average Bonchev–Trinajstić information content (AvgIpc) is 2.42. The predicted molar refractivity (Wildman–Crippen MR) is 74.4 cm³/mol. The van der Waals surface area contributed by atoms with Crippen molar-refractivity contribution in [1.29, 1.82) is 0 Å². The van der Waals surface area contributed by atoms with E-state index in [-0.39, 0.29) is 13.3 Å². The van der Waals surface area contributed by atoms with Crippen molar-refractivity contribution in [3.63, 3.8) is 0 Å². The van der Waals surface area contributed by atoms with Gasteiger partial charge in [-0.3, -0.25) is 0 Å². The lowest BCUT2D eigenvalue weighted by Gasteiger charge is -2.31. The number of hydrogen-bond acceptors (Lipinski definition) is 6. The molecule has 1 heterocycles. The van der Waals surface area contributed by atoms with Gasteiger partial charge in [0, 0.05) is 20.1 Å². The number of hydrogen-bond donors (Lipinski definition) is 0. The molecule has 0 fully saturated rings. The topological polar surface area (TPSA) is 74.3 Å². The van der Waals surface area contributed by atoms with Crippen molar-refractivity contribution in [1.82, 2.24) is 4.90 Å². The summed E-state index contributed by atoms with van der Waals surface area (Å²) in [6.07, 6.45) is -0.0535. The molecular weight excluding hydrogens is 278 g/mol. The first kappa shape index (κ1) is 17.3. The van der Waals surface area contributed by atoms with Crippen LogP contribution in [0.15, 0.2) is 11.3 Å². The second kappa shape index (κ2) is 7.31. The number of methoxy groups -OCH3 is 2. The number of amides is 1. The van der Waals surface area contributed by atoms with Gasteiger partial charge in [-0.15, -0.1) is 0 Å². The molecular formula is C14H23NO6. The van der Waals surface area contributed by atoms with Crippen LogP contribution in [0.2, 0.25) is 0 Å². The molecule has 120 valence electrons. The minimum Gasteiger partial charge on any atom is -0.471 e. The maximum atomic E-state index is 12.1. The second-order valence-corrected chi connectivity index (χ2v) is 5.60. The normalized spacial score (nSPS) is 15.8. The number of ether oxygens (including phenoxy) is 4. The molecule has 0 aromatic carbocycles. The summed E-state index contributed by atoms with van der Waals surface area (Å²) < 4.78 is 20.2. The maximum absolute atomic E-state index is 12.1. The molecule has 1 rings (SSSR count). The van der Waals surface area contributed by atoms with Crippen LogP contribution in [-0.2, 0) is 23.7 Å². The zero-order chi connectivity index (χ0) is 16.0. The van der Waals surface area contributed by atoms with E-state index in [9.17, 15) is 9.59 Å². The molecule has 0 bridgehead atoms. The van der Waals surface area contributed by atoms with Gasteiger partial charge in [-0.25, -0.2) is 9.59 Å². The van der Waals surface area contributed by atoms with Gasteiger partial charge in [0.2, 0.25) is 0 Å². The van der Waals surface area contributed by atoms with Crippen LogP contribution in [-0.4, -0.2) is 56.7 Å². The first-order valence-corrected chi connectivity index (χ1v) is 6.68. The first-order chi connectivity index (χ1) is 9.78. The molecule has 0 unspecified atom stereocenters. The summed E-state index contributed by atoms with van der Waals surface area (Å²) in [6.45, 7) is 5.93. The van der Waals surface area contributed by atoms with E-state index >= 15 is 0 Å². The van der Waals surface area contributed by atoms with Gasteiger partial charge in [-0.1, -0.05) is 0 Å². The van der Waals surface area contributed by atoms with Crippen LogP contribution >= 0.6 is 0 Å². The highest BCUT2D eigenvalue weighted by Crippen LogP contribution is 2.22. The fourth-order valence-corrected chi connectivity index (χ4v) is 1.82. The number of carbonyl (C=O) groups excluding carboxylic acids is 2. The van der Waals surface area contributed by atoms with Crippen molar-refractivity contribution in [2.45, 2.75) is 32.8 Å². The fourth-order valence-electron chi connectivity index (χ4n) is 1.82. The summed E-state index contributed by atoms with van der Waals surface area (Å²) >= 11 is 0. The highest BCUT2D eigenvalue weighted by Gasteiger charge is 2.31. The van der Waals surface area contributed by atoms with E-state index < -0.39 is 17.7 Å². The van der Waals surface area contributed by atoms with Gasteiger partial charge in [-0.05, 0) is 20.8 Å². The lowest BCUT2D eigenvalue weighted by atomic mass is 10.1. The molecule has 0 spiro atoms. The van der Waals surface area contributed by atoms with Crippen molar-refractivity contribution >= 4 is 12.1 Å². The number of nitrogens with zero attached hydrogens (tertiary/aromatic N) is 1. The van der Waals surface area contributed by atoms with E-state index in [0.29, 0.717) is 24.3 Å². The van der Waals surface area contributed by atoms with Gasteiger partial charge >= 0.3 is 12.1 Å². The summed E-state index contributed by atoms with van der Waals surface area (Å²) in [5, 5.41) is 0. The molecule has 0 radical (unpaired) electrons. The van der Waals surface area contributed by atoms with Gasteiger partial charge in [0.05, 0.1) is 19.2 Å². The highest BCUT2D eigenvalue weighted by molar-refractivity contribution is 5.90. The minimum atomic E-state index is -0.584. The Morgan fingerprint density at radius 2 is 1.90 bits per heavy atom. The van der Waals surface area contributed by atoms with Gasteiger partial charge < -0.3 is 23.8 Å². The largest absolute Gasteiger partial charge is 0.471 e. The van der Waals surface area contributed by atoms with E-state index in [1.807, 2.05) is 0 Å². The summed E-state index contributed by atoms with van der Waals surface area (Å²) in [4.78, 5) is 25.3. The Hall–Kier alpha value is -1.76. The third-order valence-corrected chi connectivity index (χ3v) is 2.73. The third kappa shape index (κ3) is 5.26. The molecule has 7 nitrogen and oxygen atoms in total. The van der Waals surface area contributed by atoms with Crippen LogP contribution in [0.4, 0.5) is 4.79 Å². The van der Waals surface area contributed by atoms with Crippen molar-refractivity contribution < 1.29 is 28.5 Å². The van der Waals surface area contributed by atoms with Crippen LogP contribution in [0.5, 0.6) is 0 Å². The first-order valence-electron chi connectivity index (χ1n) is 6.68. The van der Waals surface area contributed by atoms with Crippen LogP contribution in [0.3, 0.4) is 0 Å². The van der Waals surface area contributed by atoms with Crippen molar-refractivity contribution in [3.05, 3.63) is 11.3 Å². The zero-order valence-electron chi connectivity index (χ0n) is 13.2. The Morgan fingerprint density at radius 1 is 1.24 bits per heavy atom. The smallest absolute Gasteiger partial charge is 0.410 e. The Kier molecular flexibility index (Phi) is 6.02. The molecule has 1 aliphatic heterocycles. The molecule has 0 N–H and O–H groups in total. The number of rotatable bonds is 4. The van der Waals surface area contributed by atoms with E-state index in [0.717, 1.165) is 0 Å². The van der Waals surface area contributed by atoms with E-state index in [1.54, 1.807) is 20.8 Å². The molecule has 0 aromatic heterocycles. The molecule has 1 amide bonds. The quantitative estimate of drug-likeness (QED) is 0.581. The van der Waals surface area contributed by atoms with Gasteiger partial charge in [0.25, 0.3) is 0 Å². The maximum Gasteiger partial charge on any atom is 0.410 e. The van der Waals surface area contributed by atoms with Crippen LogP contribution < -0.4 is 0 Å². The predicted octanol–water partition coefficient (Wildman–Crippen LogP) is 1.67. The molecule has 1 aliphatic rings. The van der Waals surface area contributed by atoms with Crippen LogP contribution in [0.25, 0.3) is 0 Å².